The summed E-state index contributed by atoms with van der Waals surface area (Å²) in [5, 5.41) is 12.3. The minimum Gasteiger partial charge on any atom is -0.456 e. The van der Waals surface area contributed by atoms with Crippen molar-refractivity contribution in [2.75, 3.05) is 0 Å². The Morgan fingerprint density at radius 1 is 0.421 bits per heavy atom. The van der Waals surface area contributed by atoms with E-state index in [4.69, 9.17) is 4.42 Å². The van der Waals surface area contributed by atoms with Crippen molar-refractivity contribution in [3.8, 4) is 22.3 Å². The molecule has 3 aliphatic carbocycles. The normalized spacial score (nSPS) is 16.8. The summed E-state index contributed by atoms with van der Waals surface area (Å²) in [5.41, 5.74) is 15.1. The molecule has 0 saturated heterocycles. The number of fused-ring (bicyclic) bond motifs is 11. The molecule has 0 saturated carbocycles. The molecule has 1 heteroatoms. The Bertz CT molecular complexity index is 3500. The number of allylic oxidation sites excluding steroid dienone is 6. The SMILES string of the molecule is C1=Cc2ccc(-c3ccccc3)c3c2C2C1=CC=C(c1ccc(-c4ccc5c(c4)c4ccccc4c4cc6c(cc54)oc4ccc5ccccc5c46)cc1)C2C=C3. The summed E-state index contributed by atoms with van der Waals surface area (Å²) in [6, 6.07) is 58.1. The van der Waals surface area contributed by atoms with Gasteiger partial charge in [-0.05, 0) is 123 Å². The van der Waals surface area contributed by atoms with E-state index in [1.54, 1.807) is 0 Å². The molecule has 0 radical (unpaired) electrons. The van der Waals surface area contributed by atoms with E-state index in [0.29, 0.717) is 5.92 Å². The quantitative estimate of drug-likeness (QED) is 0.166. The average Bonchev–Trinajstić information content (AvgIpc) is 3.66. The van der Waals surface area contributed by atoms with Crippen LogP contribution in [0.25, 0.3) is 105 Å². The van der Waals surface area contributed by atoms with Crippen molar-refractivity contribution < 1.29 is 4.42 Å². The van der Waals surface area contributed by atoms with E-state index in [1.165, 1.54) is 110 Å². The molecule has 2 unspecified atom stereocenters. The van der Waals surface area contributed by atoms with Crippen LogP contribution in [0.15, 0.2) is 192 Å². The van der Waals surface area contributed by atoms with Gasteiger partial charge in [-0.2, -0.15) is 0 Å². The van der Waals surface area contributed by atoms with Crippen LogP contribution in [0.1, 0.15) is 28.2 Å². The Kier molecular flexibility index (Phi) is 6.34. The third-order valence-corrected chi connectivity index (χ3v) is 13.0. The monoisotopic (exact) mass is 722 g/mol. The van der Waals surface area contributed by atoms with Crippen molar-refractivity contribution in [1.82, 2.24) is 0 Å². The van der Waals surface area contributed by atoms with Crippen molar-refractivity contribution >= 4 is 82.8 Å². The van der Waals surface area contributed by atoms with Gasteiger partial charge in [0.05, 0.1) is 0 Å². The second-order valence-electron chi connectivity index (χ2n) is 15.9. The highest BCUT2D eigenvalue weighted by Gasteiger charge is 2.37. The minimum absolute atomic E-state index is 0.287. The zero-order valence-corrected chi connectivity index (χ0v) is 31.0. The first-order valence-electron chi connectivity index (χ1n) is 20.0. The molecule has 2 atom stereocenters. The lowest BCUT2D eigenvalue weighted by Gasteiger charge is -2.39. The smallest absolute Gasteiger partial charge is 0.136 e. The zero-order chi connectivity index (χ0) is 37.2. The highest BCUT2D eigenvalue weighted by molar-refractivity contribution is 6.30. The van der Waals surface area contributed by atoms with Gasteiger partial charge < -0.3 is 4.42 Å². The summed E-state index contributed by atoms with van der Waals surface area (Å²) < 4.78 is 6.56. The molecule has 0 amide bonds. The van der Waals surface area contributed by atoms with Crippen molar-refractivity contribution in [3.05, 3.63) is 210 Å². The molecule has 264 valence electrons. The standard InChI is InChI=1S/C56H34O/c1-2-8-34(9-3-1)40-24-20-37-18-19-38-21-25-41(47-28-27-46(40)54(37)55(38)47)36-16-14-33(15-17-36)39-22-26-45-48(30-39)43-12-6-7-13-44(43)49-31-51-53(32-50(45)49)57-52-29-23-35-10-4-5-11-42(35)56(51)52/h1-32,47,55H. The van der Waals surface area contributed by atoms with Gasteiger partial charge in [0.2, 0.25) is 0 Å². The van der Waals surface area contributed by atoms with E-state index in [0.717, 1.165) is 11.2 Å². The molecule has 13 rings (SSSR count). The molecule has 0 N–H and O–H groups in total. The topological polar surface area (TPSA) is 13.1 Å². The fourth-order valence-electron chi connectivity index (χ4n) is 10.4. The van der Waals surface area contributed by atoms with Gasteiger partial charge in [-0.25, -0.2) is 0 Å². The second kappa shape index (κ2) is 11.6. The van der Waals surface area contributed by atoms with Gasteiger partial charge in [0, 0.05) is 22.6 Å². The van der Waals surface area contributed by atoms with Crippen LogP contribution in [0.2, 0.25) is 0 Å². The number of furan rings is 1. The maximum absolute atomic E-state index is 6.56. The molecule has 57 heavy (non-hydrogen) atoms. The molecule has 0 fully saturated rings. The summed E-state index contributed by atoms with van der Waals surface area (Å²) in [5.74, 6) is 0.604. The summed E-state index contributed by atoms with van der Waals surface area (Å²) in [6.07, 6.45) is 14.2. The summed E-state index contributed by atoms with van der Waals surface area (Å²) in [4.78, 5) is 0. The van der Waals surface area contributed by atoms with E-state index in [1.807, 2.05) is 0 Å². The van der Waals surface area contributed by atoms with Gasteiger partial charge in [-0.1, -0.05) is 170 Å². The Labute approximate surface area is 329 Å². The van der Waals surface area contributed by atoms with E-state index < -0.39 is 0 Å². The van der Waals surface area contributed by atoms with Gasteiger partial charge >= 0.3 is 0 Å². The Hall–Kier alpha value is -7.22. The summed E-state index contributed by atoms with van der Waals surface area (Å²) in [6.45, 7) is 0. The Morgan fingerprint density at radius 2 is 1.14 bits per heavy atom. The van der Waals surface area contributed by atoms with Gasteiger partial charge in [-0.15, -0.1) is 0 Å². The van der Waals surface area contributed by atoms with Crippen LogP contribution in [0.4, 0.5) is 0 Å². The predicted octanol–water partition coefficient (Wildman–Crippen LogP) is 15.3. The van der Waals surface area contributed by atoms with Crippen LogP contribution < -0.4 is 0 Å². The van der Waals surface area contributed by atoms with Crippen molar-refractivity contribution in [1.29, 1.82) is 0 Å². The van der Waals surface area contributed by atoms with Crippen LogP contribution in [0.5, 0.6) is 0 Å². The third kappa shape index (κ3) is 4.46. The van der Waals surface area contributed by atoms with Crippen LogP contribution in [-0.4, -0.2) is 0 Å². The molecule has 0 aliphatic heterocycles. The number of benzene rings is 9. The molecular weight excluding hydrogens is 689 g/mol. The first-order valence-corrected chi connectivity index (χ1v) is 20.0. The summed E-state index contributed by atoms with van der Waals surface area (Å²) >= 11 is 0. The number of rotatable bonds is 3. The highest BCUT2D eigenvalue weighted by Crippen LogP contribution is 2.53. The molecule has 1 heterocycles. The van der Waals surface area contributed by atoms with Crippen LogP contribution in [0.3, 0.4) is 0 Å². The molecule has 0 spiro atoms. The van der Waals surface area contributed by atoms with Gasteiger partial charge in [-0.3, -0.25) is 0 Å². The van der Waals surface area contributed by atoms with E-state index >= 15 is 0 Å². The molecule has 1 nitrogen and oxygen atoms in total. The molecule has 1 aromatic heterocycles. The zero-order valence-electron chi connectivity index (χ0n) is 31.0. The number of hydrogen-bond acceptors (Lipinski definition) is 1. The first kappa shape index (κ1) is 31.0. The largest absolute Gasteiger partial charge is 0.456 e. The third-order valence-electron chi connectivity index (χ3n) is 13.0. The molecule has 9 aromatic carbocycles. The van der Waals surface area contributed by atoms with Crippen LogP contribution in [-0.2, 0) is 0 Å². The maximum atomic E-state index is 6.56. The Balaban J connectivity index is 0.904. The fraction of sp³-hybridized carbons (Fsp3) is 0.0357. The van der Waals surface area contributed by atoms with Crippen molar-refractivity contribution in [2.24, 2.45) is 5.92 Å². The average molecular weight is 723 g/mol. The van der Waals surface area contributed by atoms with E-state index in [9.17, 15) is 0 Å². The Morgan fingerprint density at radius 3 is 2.00 bits per heavy atom. The molecule has 10 aromatic rings. The van der Waals surface area contributed by atoms with Gasteiger partial charge in [0.25, 0.3) is 0 Å². The summed E-state index contributed by atoms with van der Waals surface area (Å²) in [7, 11) is 0. The molecule has 3 aliphatic rings. The molecule has 0 bridgehead atoms. The van der Waals surface area contributed by atoms with Crippen LogP contribution in [0, 0.1) is 5.92 Å². The van der Waals surface area contributed by atoms with E-state index in [-0.39, 0.29) is 5.92 Å². The highest BCUT2D eigenvalue weighted by atomic mass is 16.3. The fourth-order valence-corrected chi connectivity index (χ4v) is 10.4. The van der Waals surface area contributed by atoms with Crippen LogP contribution >= 0.6 is 0 Å². The van der Waals surface area contributed by atoms with Crippen molar-refractivity contribution in [2.45, 2.75) is 5.92 Å². The lowest BCUT2D eigenvalue weighted by Crippen LogP contribution is -2.23. The minimum atomic E-state index is 0.287. The molecular formula is C56H34O. The lowest BCUT2D eigenvalue weighted by atomic mass is 9.64. The first-order chi connectivity index (χ1) is 28.2. The van der Waals surface area contributed by atoms with Crippen molar-refractivity contribution in [3.63, 3.8) is 0 Å². The lowest BCUT2D eigenvalue weighted by molar-refractivity contribution is 0.670. The van der Waals surface area contributed by atoms with Gasteiger partial charge in [0.15, 0.2) is 0 Å². The predicted molar refractivity (Wildman–Crippen MR) is 241 cm³/mol. The number of hydrogen-bond donors (Lipinski definition) is 0. The maximum Gasteiger partial charge on any atom is 0.136 e. The second-order valence-corrected chi connectivity index (χ2v) is 15.9. The van der Waals surface area contributed by atoms with E-state index in [2.05, 4.69) is 194 Å². The van der Waals surface area contributed by atoms with Gasteiger partial charge in [0.1, 0.15) is 11.2 Å².